The summed E-state index contributed by atoms with van der Waals surface area (Å²) in [5, 5.41) is 9.41. The Morgan fingerprint density at radius 1 is 1.06 bits per heavy atom. The molecule has 2 aromatic rings. The van der Waals surface area contributed by atoms with Gasteiger partial charge in [0.2, 0.25) is 11.8 Å². The van der Waals surface area contributed by atoms with Crippen LogP contribution < -0.4 is 10.6 Å². The maximum Gasteiger partial charge on any atom is 0.416 e. The summed E-state index contributed by atoms with van der Waals surface area (Å²) >= 11 is 0. The summed E-state index contributed by atoms with van der Waals surface area (Å²) < 4.78 is 40.8. The van der Waals surface area contributed by atoms with Crippen LogP contribution in [0.4, 0.5) is 18.9 Å². The average Bonchev–Trinajstić information content (AvgIpc) is 3.29. The molecule has 180 valence electrons. The summed E-state index contributed by atoms with van der Waals surface area (Å²) in [5.74, 6) is -0.443. The molecule has 0 saturated carbocycles. The fraction of sp³-hybridized carbons (Fsp3) is 0.524. The Balaban J connectivity index is 1.55. The Morgan fingerprint density at radius 2 is 1.73 bits per heavy atom. The van der Waals surface area contributed by atoms with E-state index in [-0.39, 0.29) is 23.8 Å². The molecule has 0 aliphatic carbocycles. The van der Waals surface area contributed by atoms with Crippen LogP contribution in [0.25, 0.3) is 5.69 Å². The zero-order chi connectivity index (χ0) is 23.8. The number of rotatable bonds is 9. The van der Waals surface area contributed by atoms with E-state index in [9.17, 15) is 22.8 Å². The molecule has 1 aliphatic heterocycles. The first-order chi connectivity index (χ1) is 15.8. The predicted octanol–water partition coefficient (Wildman–Crippen LogP) is 1.76. The van der Waals surface area contributed by atoms with Crippen molar-refractivity contribution in [3.63, 3.8) is 0 Å². The first-order valence-corrected chi connectivity index (χ1v) is 10.8. The number of alkyl halides is 3. The molecule has 0 bridgehead atoms. The van der Waals surface area contributed by atoms with Crippen molar-refractivity contribution in [2.75, 3.05) is 51.1 Å². The minimum Gasteiger partial charge on any atom is -0.355 e. The molecular formula is C21H28F3N7O2. The van der Waals surface area contributed by atoms with Gasteiger partial charge in [0.15, 0.2) is 0 Å². The quantitative estimate of drug-likeness (QED) is 0.546. The predicted molar refractivity (Wildman–Crippen MR) is 116 cm³/mol. The summed E-state index contributed by atoms with van der Waals surface area (Å²) in [7, 11) is 0. The van der Waals surface area contributed by atoms with Crippen molar-refractivity contribution in [2.24, 2.45) is 0 Å². The van der Waals surface area contributed by atoms with Gasteiger partial charge in [-0.25, -0.2) is 9.67 Å². The van der Waals surface area contributed by atoms with Gasteiger partial charge in [0.1, 0.15) is 12.7 Å². The van der Waals surface area contributed by atoms with Gasteiger partial charge in [-0.15, -0.1) is 0 Å². The highest BCUT2D eigenvalue weighted by Gasteiger charge is 2.31. The van der Waals surface area contributed by atoms with Crippen LogP contribution in [0.1, 0.15) is 25.3 Å². The van der Waals surface area contributed by atoms with Crippen LogP contribution >= 0.6 is 0 Å². The van der Waals surface area contributed by atoms with E-state index in [0.29, 0.717) is 39.3 Å². The fourth-order valence-electron chi connectivity index (χ4n) is 3.51. The van der Waals surface area contributed by atoms with Gasteiger partial charge in [0.05, 0.1) is 30.0 Å². The lowest BCUT2D eigenvalue weighted by Crippen LogP contribution is -2.51. The molecule has 0 unspecified atom stereocenters. The van der Waals surface area contributed by atoms with Crippen molar-refractivity contribution in [3.8, 4) is 5.69 Å². The van der Waals surface area contributed by atoms with E-state index < -0.39 is 17.6 Å². The standard InChI is InChI=1S/C21H28F3N7O2/c1-2-3-6-26-19(32)12-29-7-9-30(10-8-29)13-20(33)28-17-11-16(21(22,23)24)4-5-18(17)31-15-25-14-27-31/h4-5,11,14-15H,2-3,6-10,12-13H2,1H3,(H,26,32)(H,28,33). The smallest absolute Gasteiger partial charge is 0.355 e. The van der Waals surface area contributed by atoms with Crippen LogP contribution in [-0.4, -0.2) is 82.2 Å². The van der Waals surface area contributed by atoms with Crippen LogP contribution in [0.15, 0.2) is 30.9 Å². The molecule has 2 amide bonds. The number of unbranched alkanes of at least 4 members (excludes halogenated alkanes) is 1. The number of piperazine rings is 1. The van der Waals surface area contributed by atoms with Crippen molar-refractivity contribution in [3.05, 3.63) is 36.4 Å². The van der Waals surface area contributed by atoms with Gasteiger partial charge in [-0.2, -0.15) is 18.3 Å². The van der Waals surface area contributed by atoms with E-state index in [4.69, 9.17) is 0 Å². The number of anilines is 1. The number of nitrogens with one attached hydrogen (secondary N) is 2. The minimum absolute atomic E-state index is 0.00251. The lowest BCUT2D eigenvalue weighted by molar-refractivity contribution is -0.137. The number of aromatic nitrogens is 3. The summed E-state index contributed by atoms with van der Waals surface area (Å²) in [4.78, 5) is 32.3. The molecule has 2 N–H and O–H groups in total. The second kappa shape index (κ2) is 11.2. The molecular weight excluding hydrogens is 439 g/mol. The van der Waals surface area contributed by atoms with Gasteiger partial charge >= 0.3 is 6.18 Å². The molecule has 2 heterocycles. The number of benzene rings is 1. The molecule has 12 heteroatoms. The molecule has 1 aliphatic rings. The normalized spacial score (nSPS) is 15.4. The van der Waals surface area contributed by atoms with Crippen LogP contribution in [0.2, 0.25) is 0 Å². The first kappa shape index (κ1) is 24.6. The SMILES string of the molecule is CCCCNC(=O)CN1CCN(CC(=O)Nc2cc(C(F)(F)F)ccc2-n2cncn2)CC1. The van der Waals surface area contributed by atoms with E-state index in [1.54, 1.807) is 0 Å². The van der Waals surface area contributed by atoms with Gasteiger partial charge in [0, 0.05) is 32.7 Å². The molecule has 3 rings (SSSR count). The van der Waals surface area contributed by atoms with Crippen LogP contribution in [0.5, 0.6) is 0 Å². The molecule has 0 spiro atoms. The third kappa shape index (κ3) is 7.26. The monoisotopic (exact) mass is 467 g/mol. The highest BCUT2D eigenvalue weighted by Crippen LogP contribution is 2.33. The summed E-state index contributed by atoms with van der Waals surface area (Å²) in [6.07, 6.45) is 0.0171. The van der Waals surface area contributed by atoms with E-state index in [0.717, 1.165) is 25.0 Å². The Labute approximate surface area is 189 Å². The molecule has 1 saturated heterocycles. The van der Waals surface area contributed by atoms with Gasteiger partial charge in [-0.1, -0.05) is 13.3 Å². The van der Waals surface area contributed by atoms with Gasteiger partial charge in [-0.05, 0) is 24.6 Å². The summed E-state index contributed by atoms with van der Waals surface area (Å²) in [5.41, 5.74) is -0.581. The Hall–Kier alpha value is -2.99. The molecule has 1 aromatic heterocycles. The van der Waals surface area contributed by atoms with Crippen molar-refractivity contribution in [2.45, 2.75) is 25.9 Å². The maximum atomic E-state index is 13.2. The van der Waals surface area contributed by atoms with Gasteiger partial charge < -0.3 is 10.6 Å². The Kier molecular flexibility index (Phi) is 8.39. The van der Waals surface area contributed by atoms with Crippen molar-refractivity contribution >= 4 is 17.5 Å². The lowest BCUT2D eigenvalue weighted by atomic mass is 10.1. The second-order valence-corrected chi connectivity index (χ2v) is 7.87. The highest BCUT2D eigenvalue weighted by atomic mass is 19.4. The lowest BCUT2D eigenvalue weighted by Gasteiger charge is -2.33. The number of hydrogen-bond donors (Lipinski definition) is 2. The number of carbonyl (C=O) groups is 2. The third-order valence-electron chi connectivity index (χ3n) is 5.32. The molecule has 33 heavy (non-hydrogen) atoms. The zero-order valence-corrected chi connectivity index (χ0v) is 18.4. The topological polar surface area (TPSA) is 95.4 Å². The molecule has 0 atom stereocenters. The molecule has 0 radical (unpaired) electrons. The van der Waals surface area contributed by atoms with Gasteiger partial charge in [0.25, 0.3) is 0 Å². The van der Waals surface area contributed by atoms with E-state index in [1.807, 2.05) is 9.80 Å². The zero-order valence-electron chi connectivity index (χ0n) is 18.4. The first-order valence-electron chi connectivity index (χ1n) is 10.8. The summed E-state index contributed by atoms with van der Waals surface area (Å²) in [6.45, 7) is 5.48. The van der Waals surface area contributed by atoms with E-state index in [1.165, 1.54) is 23.4 Å². The summed E-state index contributed by atoms with van der Waals surface area (Å²) in [6, 6.07) is 3.08. The van der Waals surface area contributed by atoms with Crippen LogP contribution in [0, 0.1) is 0 Å². The van der Waals surface area contributed by atoms with Crippen LogP contribution in [0.3, 0.4) is 0 Å². The minimum atomic E-state index is -4.54. The van der Waals surface area contributed by atoms with E-state index >= 15 is 0 Å². The molecule has 9 nitrogen and oxygen atoms in total. The Morgan fingerprint density at radius 3 is 2.30 bits per heavy atom. The van der Waals surface area contributed by atoms with Crippen LogP contribution in [-0.2, 0) is 15.8 Å². The average molecular weight is 467 g/mol. The molecule has 1 aromatic carbocycles. The van der Waals surface area contributed by atoms with E-state index in [2.05, 4.69) is 27.6 Å². The number of amides is 2. The second-order valence-electron chi connectivity index (χ2n) is 7.87. The number of nitrogens with zero attached hydrogens (tertiary/aromatic N) is 5. The van der Waals surface area contributed by atoms with Crippen molar-refractivity contribution in [1.29, 1.82) is 0 Å². The number of hydrogen-bond acceptors (Lipinski definition) is 6. The largest absolute Gasteiger partial charge is 0.416 e. The van der Waals surface area contributed by atoms with Crippen molar-refractivity contribution in [1.82, 2.24) is 29.9 Å². The van der Waals surface area contributed by atoms with Gasteiger partial charge in [-0.3, -0.25) is 19.4 Å². The van der Waals surface area contributed by atoms with Crippen molar-refractivity contribution < 1.29 is 22.8 Å². The fourth-order valence-corrected chi connectivity index (χ4v) is 3.51. The number of halogens is 3. The highest BCUT2D eigenvalue weighted by molar-refractivity contribution is 5.94. The molecule has 1 fully saturated rings. The maximum absolute atomic E-state index is 13.2. The Bertz CT molecular complexity index is 926. The number of carbonyl (C=O) groups excluding carboxylic acids is 2. The third-order valence-corrected chi connectivity index (χ3v) is 5.32.